The minimum Gasteiger partial charge on any atom is -0.409 e. The average molecular weight is 324 g/mol. The Morgan fingerprint density at radius 2 is 2.14 bits per heavy atom. The van der Waals surface area contributed by atoms with Crippen LogP contribution >= 0.6 is 11.6 Å². The molecule has 1 amide bonds. The Hall–Kier alpha value is -1.96. The molecule has 9 heteroatoms. The van der Waals surface area contributed by atoms with Crippen molar-refractivity contribution in [2.24, 2.45) is 16.8 Å². The number of amides is 1. The second-order valence-corrected chi connectivity index (χ2v) is 4.60. The van der Waals surface area contributed by atoms with Gasteiger partial charge < -0.3 is 16.3 Å². The van der Waals surface area contributed by atoms with Gasteiger partial charge in [0.15, 0.2) is 5.84 Å². The molecule has 4 N–H and O–H groups in total. The number of nitrogens with zero attached hydrogens (tertiary/aromatic N) is 1. The molecular weight excluding hydrogens is 311 g/mol. The zero-order valence-corrected chi connectivity index (χ0v) is 11.7. The van der Waals surface area contributed by atoms with Crippen LogP contribution in [0.3, 0.4) is 0 Å². The first-order valence-electron chi connectivity index (χ1n) is 5.85. The van der Waals surface area contributed by atoms with Crippen molar-refractivity contribution in [3.63, 3.8) is 0 Å². The van der Waals surface area contributed by atoms with Crippen LogP contribution in [0.2, 0.25) is 5.02 Å². The van der Waals surface area contributed by atoms with Crippen molar-refractivity contribution in [2.75, 3.05) is 5.32 Å². The lowest BCUT2D eigenvalue weighted by Gasteiger charge is -2.17. The highest BCUT2D eigenvalue weighted by Gasteiger charge is 2.35. The number of nitrogens with two attached hydrogens (primary N) is 1. The monoisotopic (exact) mass is 323 g/mol. The molecule has 0 aliphatic rings. The molecule has 0 bridgehead atoms. The number of hydrogen-bond donors (Lipinski definition) is 3. The fourth-order valence-corrected chi connectivity index (χ4v) is 1.85. The summed E-state index contributed by atoms with van der Waals surface area (Å²) in [6.45, 7) is 1.58. The van der Waals surface area contributed by atoms with E-state index in [0.29, 0.717) is 6.07 Å². The lowest BCUT2D eigenvalue weighted by atomic mass is 10.0. The van der Waals surface area contributed by atoms with Crippen molar-refractivity contribution in [3.05, 3.63) is 28.8 Å². The van der Waals surface area contributed by atoms with Gasteiger partial charge >= 0.3 is 6.18 Å². The van der Waals surface area contributed by atoms with Gasteiger partial charge in [-0.15, -0.1) is 0 Å². The SMILES string of the molecule is CCC(C(=O)Nc1ccc(Cl)cc1C(F)(F)F)C(N)=NO. The molecule has 1 unspecified atom stereocenters. The number of nitrogens with one attached hydrogen (secondary N) is 1. The van der Waals surface area contributed by atoms with Gasteiger partial charge in [0.25, 0.3) is 0 Å². The van der Waals surface area contributed by atoms with Crippen molar-refractivity contribution in [3.8, 4) is 0 Å². The summed E-state index contributed by atoms with van der Waals surface area (Å²) in [6.07, 6.45) is -4.51. The molecule has 0 heterocycles. The van der Waals surface area contributed by atoms with Gasteiger partial charge in [0.1, 0.15) is 0 Å². The maximum Gasteiger partial charge on any atom is 0.418 e. The number of halogens is 4. The Morgan fingerprint density at radius 3 is 2.62 bits per heavy atom. The van der Waals surface area contributed by atoms with Gasteiger partial charge in [0.05, 0.1) is 17.2 Å². The Bertz CT molecular complexity index is 561. The molecule has 0 spiro atoms. The van der Waals surface area contributed by atoms with E-state index >= 15 is 0 Å². The predicted octanol–water partition coefficient (Wildman–Crippen LogP) is 3.07. The van der Waals surface area contributed by atoms with Crippen LogP contribution in [0.15, 0.2) is 23.4 Å². The summed E-state index contributed by atoms with van der Waals surface area (Å²) < 4.78 is 38.7. The summed E-state index contributed by atoms with van der Waals surface area (Å²) in [5, 5.41) is 13.3. The number of hydrogen-bond acceptors (Lipinski definition) is 3. The lowest BCUT2D eigenvalue weighted by molar-refractivity contribution is -0.137. The normalized spacial score (nSPS) is 13.9. The summed E-state index contributed by atoms with van der Waals surface area (Å²) in [6, 6.07) is 2.97. The van der Waals surface area contributed by atoms with Gasteiger partial charge in [0.2, 0.25) is 5.91 Å². The third-order valence-corrected chi connectivity index (χ3v) is 2.98. The largest absolute Gasteiger partial charge is 0.418 e. The Labute approximate surface area is 123 Å². The molecule has 1 aromatic carbocycles. The quantitative estimate of drug-likeness (QED) is 0.344. The topological polar surface area (TPSA) is 87.7 Å². The zero-order chi connectivity index (χ0) is 16.2. The molecule has 0 saturated heterocycles. The summed E-state index contributed by atoms with van der Waals surface area (Å²) in [4.78, 5) is 11.9. The van der Waals surface area contributed by atoms with E-state index in [2.05, 4.69) is 10.5 Å². The maximum absolute atomic E-state index is 12.9. The molecule has 0 radical (unpaired) electrons. The van der Waals surface area contributed by atoms with Gasteiger partial charge in [-0.1, -0.05) is 23.7 Å². The smallest absolute Gasteiger partial charge is 0.409 e. The maximum atomic E-state index is 12.9. The number of amidine groups is 1. The number of carbonyl (C=O) groups excluding carboxylic acids is 1. The highest BCUT2D eigenvalue weighted by Crippen LogP contribution is 2.36. The van der Waals surface area contributed by atoms with E-state index in [1.54, 1.807) is 6.92 Å². The number of carbonyl (C=O) groups is 1. The predicted molar refractivity (Wildman–Crippen MR) is 72.3 cm³/mol. The van der Waals surface area contributed by atoms with E-state index in [-0.39, 0.29) is 17.3 Å². The van der Waals surface area contributed by atoms with Gasteiger partial charge in [-0.2, -0.15) is 13.2 Å². The molecule has 21 heavy (non-hydrogen) atoms. The van der Waals surface area contributed by atoms with Crippen molar-refractivity contribution in [1.29, 1.82) is 0 Å². The number of alkyl halides is 3. The molecule has 5 nitrogen and oxygen atoms in total. The molecule has 0 aliphatic carbocycles. The zero-order valence-electron chi connectivity index (χ0n) is 10.9. The van der Waals surface area contributed by atoms with E-state index in [9.17, 15) is 18.0 Å². The second kappa shape index (κ2) is 6.66. The molecule has 0 saturated carbocycles. The summed E-state index contributed by atoms with van der Waals surface area (Å²) in [7, 11) is 0. The van der Waals surface area contributed by atoms with E-state index in [1.807, 2.05) is 0 Å². The van der Waals surface area contributed by atoms with Crippen molar-refractivity contribution >= 4 is 29.0 Å². The van der Waals surface area contributed by atoms with Crippen LogP contribution < -0.4 is 11.1 Å². The highest BCUT2D eigenvalue weighted by molar-refractivity contribution is 6.30. The van der Waals surface area contributed by atoms with E-state index in [4.69, 9.17) is 22.5 Å². The molecular formula is C12H13ClF3N3O2. The third kappa shape index (κ3) is 4.25. The molecule has 0 fully saturated rings. The average Bonchev–Trinajstić information content (AvgIpc) is 2.40. The van der Waals surface area contributed by atoms with Crippen LogP contribution in [0.5, 0.6) is 0 Å². The standard InChI is InChI=1S/C12H13ClF3N3O2/c1-2-7(10(17)19-21)11(20)18-9-4-3-6(13)5-8(9)12(14,15)16/h3-5,7,21H,2H2,1H3,(H2,17,19)(H,18,20). The van der Waals surface area contributed by atoms with E-state index in [1.165, 1.54) is 6.07 Å². The Balaban J connectivity index is 3.11. The van der Waals surface area contributed by atoms with E-state index in [0.717, 1.165) is 6.07 Å². The van der Waals surface area contributed by atoms with Gasteiger partial charge in [0, 0.05) is 5.02 Å². The molecule has 0 aliphatic heterocycles. The minimum atomic E-state index is -4.67. The van der Waals surface area contributed by atoms with Crippen LogP contribution in [0.1, 0.15) is 18.9 Å². The summed E-state index contributed by atoms with van der Waals surface area (Å²) in [5.74, 6) is -2.22. The van der Waals surface area contributed by atoms with Gasteiger partial charge in [-0.25, -0.2) is 0 Å². The van der Waals surface area contributed by atoms with Gasteiger partial charge in [-0.05, 0) is 24.6 Å². The van der Waals surface area contributed by atoms with E-state index < -0.39 is 29.3 Å². The third-order valence-electron chi connectivity index (χ3n) is 2.74. The fourth-order valence-electron chi connectivity index (χ4n) is 1.68. The second-order valence-electron chi connectivity index (χ2n) is 4.16. The van der Waals surface area contributed by atoms with Crippen LogP contribution in [0, 0.1) is 5.92 Å². The molecule has 1 rings (SSSR count). The van der Waals surface area contributed by atoms with Crippen LogP contribution in [0.4, 0.5) is 18.9 Å². The fraction of sp³-hybridized carbons (Fsp3) is 0.333. The first-order chi connectivity index (χ1) is 9.70. The molecule has 0 aromatic heterocycles. The minimum absolute atomic E-state index is 0.108. The van der Waals surface area contributed by atoms with Crippen LogP contribution in [-0.4, -0.2) is 17.0 Å². The number of rotatable bonds is 4. The Morgan fingerprint density at radius 1 is 1.52 bits per heavy atom. The van der Waals surface area contributed by atoms with Gasteiger partial charge in [-0.3, -0.25) is 4.79 Å². The Kier molecular flexibility index (Phi) is 5.42. The first kappa shape index (κ1) is 17.1. The first-order valence-corrected chi connectivity index (χ1v) is 6.23. The number of benzene rings is 1. The van der Waals surface area contributed by atoms with Crippen molar-refractivity contribution in [1.82, 2.24) is 0 Å². The summed E-state index contributed by atoms with van der Waals surface area (Å²) in [5.41, 5.74) is 3.81. The van der Waals surface area contributed by atoms with Crippen molar-refractivity contribution < 1.29 is 23.2 Å². The summed E-state index contributed by atoms with van der Waals surface area (Å²) >= 11 is 5.54. The molecule has 116 valence electrons. The van der Waals surface area contributed by atoms with Crippen molar-refractivity contribution in [2.45, 2.75) is 19.5 Å². The van der Waals surface area contributed by atoms with Crippen LogP contribution in [0.25, 0.3) is 0 Å². The number of anilines is 1. The lowest BCUT2D eigenvalue weighted by Crippen LogP contribution is -2.34. The molecule has 1 aromatic rings. The molecule has 1 atom stereocenters. The number of oxime groups is 1. The van der Waals surface area contributed by atoms with Crippen LogP contribution in [-0.2, 0) is 11.0 Å². The highest BCUT2D eigenvalue weighted by atomic mass is 35.5.